The van der Waals surface area contributed by atoms with Crippen molar-refractivity contribution in [3.05, 3.63) is 115 Å². The average molecular weight is 450 g/mol. The monoisotopic (exact) mass is 449 g/mol. The van der Waals surface area contributed by atoms with E-state index in [2.05, 4.69) is 94.1 Å². The van der Waals surface area contributed by atoms with Gasteiger partial charge in [0.2, 0.25) is 5.71 Å². The number of hydrogen-bond acceptors (Lipinski definition) is 2. The molecule has 0 saturated carbocycles. The van der Waals surface area contributed by atoms with Crippen LogP contribution in [0.15, 0.2) is 120 Å². The Labute approximate surface area is 200 Å². The molecule has 0 unspecified atom stereocenters. The molecular weight excluding hydrogens is 430 g/mol. The molecule has 0 aliphatic carbocycles. The molecule has 164 valence electrons. The number of hydrogen-bond donors (Lipinski definition) is 0. The lowest BCUT2D eigenvalue weighted by Gasteiger charge is -2.11. The van der Waals surface area contributed by atoms with Gasteiger partial charge in [0.15, 0.2) is 0 Å². The summed E-state index contributed by atoms with van der Waals surface area (Å²) in [6.45, 7) is 0. The van der Waals surface area contributed by atoms with Crippen LogP contribution in [0.3, 0.4) is 0 Å². The Bertz CT molecular complexity index is 2020. The second-order valence-electron chi connectivity index (χ2n) is 8.87. The predicted octanol–water partition coefficient (Wildman–Crippen LogP) is 8.02. The molecule has 4 aromatic heterocycles. The Morgan fingerprint density at radius 1 is 0.543 bits per heavy atom. The summed E-state index contributed by atoms with van der Waals surface area (Å²) < 4.78 is 10.9. The Balaban J connectivity index is 1.46. The van der Waals surface area contributed by atoms with E-state index in [1.807, 2.05) is 30.5 Å². The Morgan fingerprint density at radius 2 is 1.17 bits per heavy atom. The minimum atomic E-state index is 0.819. The number of benzene rings is 4. The lowest BCUT2D eigenvalue weighted by molar-refractivity contribution is 0.645. The molecule has 8 rings (SSSR count). The highest BCUT2D eigenvalue weighted by molar-refractivity contribution is 6.18. The molecule has 0 N–H and O–H groups in total. The second kappa shape index (κ2) is 6.84. The third kappa shape index (κ3) is 2.48. The molecule has 35 heavy (non-hydrogen) atoms. The van der Waals surface area contributed by atoms with Gasteiger partial charge in [0.05, 0.1) is 27.6 Å². The molecule has 0 saturated heterocycles. The van der Waals surface area contributed by atoms with Crippen molar-refractivity contribution < 1.29 is 4.42 Å². The first kappa shape index (κ1) is 18.6. The van der Waals surface area contributed by atoms with E-state index < -0.39 is 0 Å². The van der Waals surface area contributed by atoms with Gasteiger partial charge in [-0.05, 0) is 48.5 Å². The summed E-state index contributed by atoms with van der Waals surface area (Å²) in [6, 6.07) is 38.1. The molecule has 0 atom stereocenters. The van der Waals surface area contributed by atoms with Crippen LogP contribution in [-0.2, 0) is 0 Å². The van der Waals surface area contributed by atoms with Crippen LogP contribution in [0.5, 0.6) is 0 Å². The normalized spacial score (nSPS) is 12.0. The summed E-state index contributed by atoms with van der Waals surface area (Å²) in [5, 5.41) is 4.65. The molecule has 4 heteroatoms. The van der Waals surface area contributed by atoms with E-state index >= 15 is 0 Å². The number of nitrogens with zero attached hydrogens (tertiary/aromatic N) is 3. The van der Waals surface area contributed by atoms with E-state index in [1.165, 1.54) is 21.8 Å². The Kier molecular flexibility index (Phi) is 3.63. The molecule has 4 heterocycles. The van der Waals surface area contributed by atoms with Crippen LogP contribution in [-0.4, -0.2) is 14.1 Å². The molecule has 0 aliphatic heterocycles. The van der Waals surface area contributed by atoms with E-state index in [4.69, 9.17) is 9.40 Å². The van der Waals surface area contributed by atoms with Gasteiger partial charge in [-0.1, -0.05) is 60.7 Å². The van der Waals surface area contributed by atoms with E-state index in [-0.39, 0.29) is 0 Å². The van der Waals surface area contributed by atoms with Crippen molar-refractivity contribution in [3.63, 3.8) is 0 Å². The summed E-state index contributed by atoms with van der Waals surface area (Å²) >= 11 is 0. The molecule has 4 aromatic carbocycles. The van der Waals surface area contributed by atoms with Gasteiger partial charge in [0.25, 0.3) is 0 Å². The smallest absolute Gasteiger partial charge is 0.215 e. The standard InChI is InChI=1S/C31H19N3O/c1-4-14-25-22(11-1)23-12-2-5-15-26(23)33(25)20-9-7-10-21(19-20)34-27-16-8-18-32-30(27)29-24-13-3-6-17-28(24)35-31(29)34/h1-19H. The summed E-state index contributed by atoms with van der Waals surface area (Å²) in [5.41, 5.74) is 8.21. The van der Waals surface area contributed by atoms with E-state index in [0.29, 0.717) is 0 Å². The molecule has 0 fully saturated rings. The van der Waals surface area contributed by atoms with Crippen molar-refractivity contribution >= 4 is 54.9 Å². The molecule has 0 spiro atoms. The lowest BCUT2D eigenvalue weighted by atomic mass is 10.2. The zero-order valence-electron chi connectivity index (χ0n) is 18.7. The Hall–Kier alpha value is -4.83. The van der Waals surface area contributed by atoms with Crippen LogP contribution in [0.4, 0.5) is 0 Å². The van der Waals surface area contributed by atoms with Crippen molar-refractivity contribution in [2.24, 2.45) is 0 Å². The fraction of sp³-hybridized carbons (Fsp3) is 0. The average Bonchev–Trinajstić information content (AvgIpc) is 3.55. The number of para-hydroxylation sites is 3. The van der Waals surface area contributed by atoms with Gasteiger partial charge in [-0.3, -0.25) is 9.55 Å². The predicted molar refractivity (Wildman–Crippen MR) is 143 cm³/mol. The largest absolute Gasteiger partial charge is 0.439 e. The van der Waals surface area contributed by atoms with Crippen LogP contribution in [0, 0.1) is 0 Å². The first-order valence-electron chi connectivity index (χ1n) is 11.7. The number of furan rings is 1. The second-order valence-corrected chi connectivity index (χ2v) is 8.87. The maximum atomic E-state index is 6.41. The van der Waals surface area contributed by atoms with Gasteiger partial charge in [0, 0.05) is 28.0 Å². The lowest BCUT2D eigenvalue weighted by Crippen LogP contribution is -1.98. The topological polar surface area (TPSA) is 35.9 Å². The highest BCUT2D eigenvalue weighted by Crippen LogP contribution is 2.38. The van der Waals surface area contributed by atoms with Gasteiger partial charge < -0.3 is 8.98 Å². The zero-order valence-corrected chi connectivity index (χ0v) is 18.7. The highest BCUT2D eigenvalue weighted by Gasteiger charge is 2.20. The van der Waals surface area contributed by atoms with E-state index in [9.17, 15) is 0 Å². The van der Waals surface area contributed by atoms with Crippen molar-refractivity contribution in [1.82, 2.24) is 14.1 Å². The van der Waals surface area contributed by atoms with Crippen molar-refractivity contribution in [1.29, 1.82) is 0 Å². The number of rotatable bonds is 2. The van der Waals surface area contributed by atoms with E-state index in [0.717, 1.165) is 44.5 Å². The van der Waals surface area contributed by atoms with Gasteiger partial charge >= 0.3 is 0 Å². The third-order valence-electron chi connectivity index (χ3n) is 6.97. The molecule has 4 nitrogen and oxygen atoms in total. The number of pyridine rings is 1. The maximum Gasteiger partial charge on any atom is 0.215 e. The molecule has 8 aromatic rings. The number of fused-ring (bicyclic) bond motifs is 8. The van der Waals surface area contributed by atoms with Crippen LogP contribution in [0.2, 0.25) is 0 Å². The first-order valence-corrected chi connectivity index (χ1v) is 11.7. The summed E-state index contributed by atoms with van der Waals surface area (Å²) in [6.07, 6.45) is 1.85. The minimum Gasteiger partial charge on any atom is -0.439 e. The van der Waals surface area contributed by atoms with Gasteiger partial charge in [-0.2, -0.15) is 0 Å². The Morgan fingerprint density at radius 3 is 1.94 bits per heavy atom. The van der Waals surface area contributed by atoms with Crippen molar-refractivity contribution in [2.75, 3.05) is 0 Å². The minimum absolute atomic E-state index is 0.819. The van der Waals surface area contributed by atoms with Gasteiger partial charge in [-0.25, -0.2) is 0 Å². The van der Waals surface area contributed by atoms with Gasteiger partial charge in [0.1, 0.15) is 11.1 Å². The molecule has 0 bridgehead atoms. The molecule has 0 radical (unpaired) electrons. The van der Waals surface area contributed by atoms with Gasteiger partial charge in [-0.15, -0.1) is 0 Å². The quantitative estimate of drug-likeness (QED) is 0.268. The van der Waals surface area contributed by atoms with Crippen LogP contribution in [0.1, 0.15) is 0 Å². The molecule has 0 aliphatic rings. The summed E-state index contributed by atoms with van der Waals surface area (Å²) in [4.78, 5) is 4.75. The first-order chi connectivity index (χ1) is 17.4. The maximum absolute atomic E-state index is 6.41. The SMILES string of the molecule is c1cc(-n2c3ccccc3c3ccccc32)cc(-n2c3cccnc3c3c4ccccc4oc32)c1. The van der Waals surface area contributed by atoms with Crippen LogP contribution < -0.4 is 0 Å². The fourth-order valence-corrected chi connectivity index (χ4v) is 5.53. The van der Waals surface area contributed by atoms with Crippen molar-refractivity contribution in [2.45, 2.75) is 0 Å². The van der Waals surface area contributed by atoms with Crippen LogP contribution >= 0.6 is 0 Å². The van der Waals surface area contributed by atoms with Crippen molar-refractivity contribution in [3.8, 4) is 11.4 Å². The van der Waals surface area contributed by atoms with Crippen LogP contribution in [0.25, 0.3) is 66.3 Å². The summed E-state index contributed by atoms with van der Waals surface area (Å²) in [7, 11) is 0. The molecular formula is C31H19N3O. The third-order valence-corrected chi connectivity index (χ3v) is 6.97. The molecule has 0 amide bonds. The number of aromatic nitrogens is 3. The van der Waals surface area contributed by atoms with E-state index in [1.54, 1.807) is 0 Å². The summed E-state index contributed by atoms with van der Waals surface area (Å²) in [5.74, 6) is 0. The highest BCUT2D eigenvalue weighted by atomic mass is 16.3. The fourth-order valence-electron chi connectivity index (χ4n) is 5.53. The zero-order chi connectivity index (χ0) is 22.9.